The number of rotatable bonds is 4. The third-order valence-electron chi connectivity index (χ3n) is 8.84. The van der Waals surface area contributed by atoms with E-state index in [2.05, 4.69) is 152 Å². The molecule has 0 aliphatic heterocycles. The molecule has 0 atom stereocenters. The molecule has 0 radical (unpaired) electrons. The van der Waals surface area contributed by atoms with Crippen LogP contribution in [0.3, 0.4) is 0 Å². The maximum Gasteiger partial charge on any atom is 0.143 e. The third-order valence-corrected chi connectivity index (χ3v) is 8.84. The predicted molar refractivity (Wildman–Crippen MR) is 182 cm³/mol. The van der Waals surface area contributed by atoms with E-state index in [0.717, 1.165) is 33.4 Å². The summed E-state index contributed by atoms with van der Waals surface area (Å²) < 4.78 is 6.57. The van der Waals surface area contributed by atoms with Gasteiger partial charge in [0, 0.05) is 16.5 Å². The molecule has 43 heavy (non-hydrogen) atoms. The first-order chi connectivity index (χ1) is 21.3. The summed E-state index contributed by atoms with van der Waals surface area (Å²) in [5, 5.41) is 8.89. The fourth-order valence-electron chi connectivity index (χ4n) is 6.89. The van der Waals surface area contributed by atoms with Gasteiger partial charge in [0.15, 0.2) is 0 Å². The summed E-state index contributed by atoms with van der Waals surface area (Å²) in [6.45, 7) is 0. The van der Waals surface area contributed by atoms with E-state index in [4.69, 9.17) is 4.42 Å². The van der Waals surface area contributed by atoms with Crippen LogP contribution >= 0.6 is 0 Å². The Morgan fingerprint density at radius 2 is 0.884 bits per heavy atom. The average molecular weight is 547 g/mol. The van der Waals surface area contributed by atoms with Gasteiger partial charge in [-0.1, -0.05) is 146 Å². The maximum absolute atomic E-state index is 6.57. The Morgan fingerprint density at radius 3 is 1.58 bits per heavy atom. The van der Waals surface area contributed by atoms with Gasteiger partial charge in [-0.15, -0.1) is 0 Å². The van der Waals surface area contributed by atoms with Crippen LogP contribution in [0.15, 0.2) is 162 Å². The lowest BCUT2D eigenvalue weighted by molar-refractivity contribution is 0.632. The minimum Gasteiger partial charge on any atom is -0.455 e. The number of hydrogen-bond donors (Lipinski definition) is 0. The summed E-state index contributed by atoms with van der Waals surface area (Å²) in [6, 6.07) is 56.6. The fourth-order valence-corrected chi connectivity index (χ4v) is 6.89. The Hall–Kier alpha value is -5.66. The summed E-state index contributed by atoms with van der Waals surface area (Å²) in [6.07, 6.45) is 0. The molecule has 9 rings (SSSR count). The lowest BCUT2D eigenvalue weighted by Gasteiger charge is -2.17. The molecule has 0 fully saturated rings. The summed E-state index contributed by atoms with van der Waals surface area (Å²) in [5.74, 6) is 0.902. The van der Waals surface area contributed by atoms with Crippen LogP contribution in [0, 0.1) is 0 Å². The molecule has 0 amide bonds. The Balaban J connectivity index is 1.27. The van der Waals surface area contributed by atoms with Gasteiger partial charge in [0.1, 0.15) is 11.3 Å². The molecule has 200 valence electrons. The van der Waals surface area contributed by atoms with Gasteiger partial charge in [-0.2, -0.15) is 0 Å². The Bertz CT molecular complexity index is 2430. The van der Waals surface area contributed by atoms with E-state index in [1.165, 1.54) is 54.6 Å². The number of para-hydroxylation sites is 1. The number of benzene rings is 8. The van der Waals surface area contributed by atoms with Crippen LogP contribution in [-0.2, 0) is 0 Å². The highest BCUT2D eigenvalue weighted by Crippen LogP contribution is 2.44. The van der Waals surface area contributed by atoms with Crippen LogP contribution in [0.1, 0.15) is 0 Å². The molecule has 0 spiro atoms. The van der Waals surface area contributed by atoms with Crippen molar-refractivity contribution in [3.05, 3.63) is 158 Å². The molecule has 0 saturated heterocycles. The first kappa shape index (κ1) is 24.0. The van der Waals surface area contributed by atoms with E-state index in [9.17, 15) is 0 Å². The molecular weight excluding hydrogens is 520 g/mol. The monoisotopic (exact) mass is 546 g/mol. The predicted octanol–water partition coefficient (Wildman–Crippen LogP) is 12.0. The quantitative estimate of drug-likeness (QED) is 0.200. The highest BCUT2D eigenvalue weighted by atomic mass is 16.3. The second kappa shape index (κ2) is 9.44. The van der Waals surface area contributed by atoms with E-state index in [0.29, 0.717) is 0 Å². The molecule has 0 bridgehead atoms. The van der Waals surface area contributed by atoms with Gasteiger partial charge in [-0.05, 0) is 72.3 Å². The maximum atomic E-state index is 6.57. The zero-order chi connectivity index (χ0) is 28.3. The number of hydrogen-bond acceptors (Lipinski definition) is 1. The van der Waals surface area contributed by atoms with Gasteiger partial charge in [0.25, 0.3) is 0 Å². The zero-order valence-corrected chi connectivity index (χ0v) is 23.4. The molecule has 1 heterocycles. The second-order valence-electron chi connectivity index (χ2n) is 11.3. The van der Waals surface area contributed by atoms with Crippen LogP contribution in [0.4, 0.5) is 0 Å². The Kier molecular flexibility index (Phi) is 5.27. The summed E-state index contributed by atoms with van der Waals surface area (Å²) in [5.41, 5.74) is 9.19. The summed E-state index contributed by atoms with van der Waals surface area (Å²) in [7, 11) is 0. The molecule has 0 aliphatic rings. The topological polar surface area (TPSA) is 13.1 Å². The van der Waals surface area contributed by atoms with E-state index in [-0.39, 0.29) is 0 Å². The third kappa shape index (κ3) is 3.72. The Labute approximate surface area is 249 Å². The summed E-state index contributed by atoms with van der Waals surface area (Å²) >= 11 is 0. The van der Waals surface area contributed by atoms with E-state index in [1.54, 1.807) is 0 Å². The van der Waals surface area contributed by atoms with Crippen molar-refractivity contribution in [3.63, 3.8) is 0 Å². The fraction of sp³-hybridized carbons (Fsp3) is 0. The van der Waals surface area contributed by atoms with E-state index in [1.807, 2.05) is 6.07 Å². The van der Waals surface area contributed by atoms with Crippen molar-refractivity contribution in [2.45, 2.75) is 0 Å². The molecule has 8 aromatic carbocycles. The van der Waals surface area contributed by atoms with Gasteiger partial charge in [0.05, 0.1) is 0 Å². The van der Waals surface area contributed by atoms with Crippen LogP contribution in [0.25, 0.3) is 88.0 Å². The molecule has 1 aromatic heterocycles. The zero-order valence-electron chi connectivity index (χ0n) is 23.4. The summed E-state index contributed by atoms with van der Waals surface area (Å²) in [4.78, 5) is 0. The molecule has 0 aliphatic carbocycles. The minimum absolute atomic E-state index is 0.902. The number of fused-ring (bicyclic) bond motifs is 1. The average Bonchev–Trinajstić information content (AvgIpc) is 3.48. The van der Waals surface area contributed by atoms with Gasteiger partial charge in [-0.3, -0.25) is 0 Å². The smallest absolute Gasteiger partial charge is 0.143 e. The van der Waals surface area contributed by atoms with Crippen molar-refractivity contribution in [1.82, 2.24) is 0 Å². The highest BCUT2D eigenvalue weighted by Gasteiger charge is 2.19. The minimum atomic E-state index is 0.902. The molecule has 9 aromatic rings. The van der Waals surface area contributed by atoms with Crippen molar-refractivity contribution < 1.29 is 4.42 Å². The van der Waals surface area contributed by atoms with Crippen molar-refractivity contribution in [2.24, 2.45) is 0 Å². The first-order valence-corrected chi connectivity index (χ1v) is 14.8. The molecule has 0 saturated carbocycles. The van der Waals surface area contributed by atoms with Crippen LogP contribution < -0.4 is 0 Å². The van der Waals surface area contributed by atoms with Gasteiger partial charge < -0.3 is 4.42 Å². The molecule has 1 nitrogen and oxygen atoms in total. The van der Waals surface area contributed by atoms with Crippen molar-refractivity contribution >= 4 is 43.3 Å². The van der Waals surface area contributed by atoms with Gasteiger partial charge in [0.2, 0.25) is 0 Å². The lowest BCUT2D eigenvalue weighted by atomic mass is 9.87. The largest absolute Gasteiger partial charge is 0.455 e. The lowest BCUT2D eigenvalue weighted by Crippen LogP contribution is -1.90. The van der Waals surface area contributed by atoms with Gasteiger partial charge in [-0.25, -0.2) is 0 Å². The standard InChI is InChI=1S/C42H26O/c1-3-10-27(11-4-1)33-22-18-29-21-25-36-34(23-19-30-20-24-35(33)39(29)40(30)36)31-14-9-15-32(26-31)42-41(28-12-5-2-6-13-28)37-16-7-8-17-38(37)43-42/h1-26H. The van der Waals surface area contributed by atoms with Crippen LogP contribution in [0.2, 0.25) is 0 Å². The molecule has 1 heteroatoms. The van der Waals surface area contributed by atoms with Crippen LogP contribution in [0.5, 0.6) is 0 Å². The Morgan fingerprint density at radius 1 is 0.349 bits per heavy atom. The SMILES string of the molecule is c1ccc(-c2c(-c3cccc(-c4ccc5ccc6c(-c7ccccc7)ccc7ccc4c5c76)c3)oc3ccccc23)cc1. The van der Waals surface area contributed by atoms with Crippen molar-refractivity contribution in [1.29, 1.82) is 0 Å². The van der Waals surface area contributed by atoms with Crippen molar-refractivity contribution in [3.8, 4) is 44.7 Å². The number of furan rings is 1. The van der Waals surface area contributed by atoms with Crippen molar-refractivity contribution in [2.75, 3.05) is 0 Å². The van der Waals surface area contributed by atoms with E-state index >= 15 is 0 Å². The normalized spacial score (nSPS) is 11.7. The van der Waals surface area contributed by atoms with Gasteiger partial charge >= 0.3 is 0 Å². The molecular formula is C42H26O. The molecule has 0 unspecified atom stereocenters. The second-order valence-corrected chi connectivity index (χ2v) is 11.3. The van der Waals surface area contributed by atoms with Crippen LogP contribution in [-0.4, -0.2) is 0 Å². The molecule has 0 N–H and O–H groups in total. The van der Waals surface area contributed by atoms with E-state index < -0.39 is 0 Å². The highest BCUT2D eigenvalue weighted by molar-refractivity contribution is 6.27. The first-order valence-electron chi connectivity index (χ1n) is 14.8.